The number of carbonyl (C=O) groups is 5. The Kier molecular flexibility index (Phi) is 31.9. The number of methoxy groups -OCH3 is 3. The van der Waals surface area contributed by atoms with Gasteiger partial charge in [0.25, 0.3) is 11.7 Å². The fourth-order valence-corrected chi connectivity index (χ4v) is 11.7. The quantitative estimate of drug-likeness (QED) is 0.0439. The lowest BCUT2D eigenvalue weighted by atomic mass is 9.78. The van der Waals surface area contributed by atoms with E-state index >= 15 is 0 Å². The first-order valence-electron chi connectivity index (χ1n) is 30.3. The van der Waals surface area contributed by atoms with Gasteiger partial charge in [-0.15, -0.1) is 0 Å². The van der Waals surface area contributed by atoms with Gasteiger partial charge in [-0.1, -0.05) is 71.1 Å². The molecule has 3 fully saturated rings. The summed E-state index contributed by atoms with van der Waals surface area (Å²) >= 11 is 0. The Morgan fingerprint density at radius 2 is 1.45 bits per heavy atom. The van der Waals surface area contributed by atoms with E-state index in [4.69, 9.17) is 47.4 Å². The van der Waals surface area contributed by atoms with Crippen LogP contribution in [0.4, 0.5) is 0 Å². The van der Waals surface area contributed by atoms with E-state index in [1.807, 2.05) is 65.0 Å². The van der Waals surface area contributed by atoms with Crippen molar-refractivity contribution in [2.45, 2.75) is 206 Å². The number of carbonyl (C=O) groups excluding carboxylic acids is 5. The lowest BCUT2D eigenvalue weighted by Gasteiger charge is -2.43. The van der Waals surface area contributed by atoms with E-state index in [1.54, 1.807) is 41.1 Å². The SMILES string of the molecule is CCOCCOCCOCCOCCCC(=O)O[C@@H]1CC[C@@H](C[C@@H](C)[C@@H]2C[C@@H](O)[C@H](C)/C=C(\C)[C@@H](O)[C@@H](OC)C(=O)[C@H](C)C[C@H](C)/C=C/C=C/C=C(\C)[C@@H](OC)C[C@@H]3CC[C@@H](C)[C@@](O)(O3)C(=O)C(=O)N3CCCC[C@H]3C(=O)O2)C[C@H]1OC. The number of aliphatic hydroxyl groups is 3. The van der Waals surface area contributed by atoms with Crippen LogP contribution in [0.1, 0.15) is 145 Å². The number of aliphatic hydroxyl groups excluding tert-OH is 2. The van der Waals surface area contributed by atoms with E-state index in [0.29, 0.717) is 129 Å². The highest BCUT2D eigenvalue weighted by Crippen LogP contribution is 2.38. The number of ketones is 2. The standard InChI is InChI=1S/C63H103NO18/c1-12-76-29-30-78-33-34-79-32-31-77-28-18-22-56(66)80-52-26-24-48(38-55(52)74-10)37-44(5)54-40-51(65)43(4)36-46(7)58(68)59(75-11)57(67)45(6)35-41(2)19-14-13-15-20-42(3)53(73-9)39-49-25-23-47(8)63(72,82-49)60(69)61(70)64-27-17-16-21-50(64)62(71)81-54/h13-15,19-20,36,41,43-45,47-55,58-59,65,68,72H,12,16-18,21-35,37-40H2,1-11H3/b15-13+,19-14+,42-20+,46-36+/t41-,43-,44-,45-,47-,48+,49+,50+,51-,52-,53+,54+,55-,58-,59+,63-/m1/s1. The molecule has 16 atom stereocenters. The van der Waals surface area contributed by atoms with Gasteiger partial charge in [-0.05, 0) is 120 Å². The molecule has 4 rings (SSSR count). The Labute approximate surface area is 489 Å². The summed E-state index contributed by atoms with van der Waals surface area (Å²) in [5, 5.41) is 35.7. The highest BCUT2D eigenvalue weighted by Gasteiger charge is 2.53. The highest BCUT2D eigenvalue weighted by molar-refractivity contribution is 6.39. The minimum absolute atomic E-state index is 0.0100. The Morgan fingerprint density at radius 1 is 0.768 bits per heavy atom. The minimum Gasteiger partial charge on any atom is -0.460 e. The molecular formula is C63H103NO18. The first-order chi connectivity index (χ1) is 39.2. The number of hydrogen-bond donors (Lipinski definition) is 3. The van der Waals surface area contributed by atoms with Crippen LogP contribution in [0, 0.1) is 35.5 Å². The first kappa shape index (κ1) is 70.8. The van der Waals surface area contributed by atoms with Crippen LogP contribution in [0.15, 0.2) is 47.6 Å². The summed E-state index contributed by atoms with van der Waals surface area (Å²) < 4.78 is 57.8. The molecule has 19 heteroatoms. The molecule has 0 radical (unpaired) electrons. The fraction of sp³-hybridized carbons (Fsp3) is 0.794. The third-order valence-electron chi connectivity index (χ3n) is 16.9. The van der Waals surface area contributed by atoms with Crippen molar-refractivity contribution in [1.82, 2.24) is 4.90 Å². The normalized spacial score (nSPS) is 35.3. The average molecular weight is 1160 g/mol. The molecule has 1 aliphatic carbocycles. The van der Waals surface area contributed by atoms with Gasteiger partial charge < -0.3 is 67.6 Å². The van der Waals surface area contributed by atoms with Gasteiger partial charge in [0.15, 0.2) is 5.78 Å². The molecule has 468 valence electrons. The van der Waals surface area contributed by atoms with Gasteiger partial charge >= 0.3 is 11.9 Å². The van der Waals surface area contributed by atoms with E-state index in [0.717, 1.165) is 5.57 Å². The van der Waals surface area contributed by atoms with E-state index in [9.17, 15) is 39.3 Å². The molecule has 19 nitrogen and oxygen atoms in total. The fourth-order valence-electron chi connectivity index (χ4n) is 11.7. The van der Waals surface area contributed by atoms with Crippen molar-refractivity contribution < 1.29 is 86.7 Å². The van der Waals surface area contributed by atoms with Gasteiger partial charge in [0.2, 0.25) is 5.79 Å². The van der Waals surface area contributed by atoms with Crippen LogP contribution in [0.25, 0.3) is 0 Å². The molecule has 0 aromatic carbocycles. The van der Waals surface area contributed by atoms with Crippen LogP contribution in [-0.4, -0.2) is 191 Å². The smallest absolute Gasteiger partial charge is 0.329 e. The Hall–Kier alpha value is -3.73. The number of piperidine rings is 1. The van der Waals surface area contributed by atoms with E-state index in [1.165, 1.54) is 12.0 Å². The number of nitrogens with zero attached hydrogens (tertiary/aromatic N) is 1. The second-order valence-corrected chi connectivity index (χ2v) is 23.4. The molecule has 4 aliphatic rings. The number of fused-ring (bicyclic) bond motifs is 3. The summed E-state index contributed by atoms with van der Waals surface area (Å²) in [6.07, 6.45) is 11.0. The molecule has 1 saturated carbocycles. The van der Waals surface area contributed by atoms with Crippen molar-refractivity contribution in [1.29, 1.82) is 0 Å². The molecule has 0 aromatic heterocycles. The van der Waals surface area contributed by atoms with Crippen molar-refractivity contribution >= 4 is 29.4 Å². The molecular weight excluding hydrogens is 1060 g/mol. The molecule has 0 unspecified atom stereocenters. The maximum absolute atomic E-state index is 14.7. The second-order valence-electron chi connectivity index (χ2n) is 23.4. The molecule has 3 heterocycles. The number of hydrogen-bond acceptors (Lipinski definition) is 18. The molecule has 2 saturated heterocycles. The second kappa shape index (κ2) is 37.0. The van der Waals surface area contributed by atoms with Gasteiger partial charge in [0.1, 0.15) is 30.5 Å². The summed E-state index contributed by atoms with van der Waals surface area (Å²) in [5.41, 5.74) is 1.30. The Bertz CT molecular complexity index is 2080. The maximum atomic E-state index is 14.7. The zero-order chi connectivity index (χ0) is 60.4. The summed E-state index contributed by atoms with van der Waals surface area (Å²) in [6, 6.07) is -1.15. The van der Waals surface area contributed by atoms with Crippen LogP contribution >= 0.6 is 0 Å². The summed E-state index contributed by atoms with van der Waals surface area (Å²) in [4.78, 5) is 71.6. The predicted octanol–water partition coefficient (Wildman–Crippen LogP) is 7.39. The summed E-state index contributed by atoms with van der Waals surface area (Å²) in [7, 11) is 4.56. The predicted molar refractivity (Wildman–Crippen MR) is 308 cm³/mol. The maximum Gasteiger partial charge on any atom is 0.329 e. The van der Waals surface area contributed by atoms with Gasteiger partial charge in [-0.25, -0.2) is 4.79 Å². The summed E-state index contributed by atoms with van der Waals surface area (Å²) in [5.74, 6) is -7.99. The van der Waals surface area contributed by atoms with Crippen molar-refractivity contribution in [3.05, 3.63) is 47.6 Å². The lowest BCUT2D eigenvalue weighted by molar-refractivity contribution is -0.265. The molecule has 1 amide bonds. The van der Waals surface area contributed by atoms with Gasteiger partial charge in [0.05, 0.1) is 64.1 Å². The van der Waals surface area contributed by atoms with Crippen LogP contribution in [0.5, 0.6) is 0 Å². The van der Waals surface area contributed by atoms with Crippen LogP contribution in [0.3, 0.4) is 0 Å². The number of allylic oxidation sites excluding steroid dienone is 5. The first-order valence-corrected chi connectivity index (χ1v) is 30.3. The zero-order valence-corrected chi connectivity index (χ0v) is 51.3. The molecule has 2 bridgehead atoms. The largest absolute Gasteiger partial charge is 0.460 e. The Balaban J connectivity index is 1.53. The van der Waals surface area contributed by atoms with Crippen molar-refractivity contribution in [3.8, 4) is 0 Å². The topological polar surface area (TPSA) is 242 Å². The minimum atomic E-state index is -2.45. The zero-order valence-electron chi connectivity index (χ0n) is 51.3. The average Bonchev–Trinajstić information content (AvgIpc) is 3.40. The molecule has 3 N–H and O–H groups in total. The van der Waals surface area contributed by atoms with Gasteiger partial charge in [0, 0.05) is 78.1 Å². The summed E-state index contributed by atoms with van der Waals surface area (Å²) in [6.45, 7) is 18.7. The number of cyclic esters (lactones) is 1. The molecule has 82 heavy (non-hydrogen) atoms. The molecule has 0 aromatic rings. The van der Waals surface area contributed by atoms with Crippen molar-refractivity contribution in [2.24, 2.45) is 35.5 Å². The van der Waals surface area contributed by atoms with E-state index in [-0.39, 0.29) is 61.4 Å². The third-order valence-corrected chi connectivity index (χ3v) is 16.9. The van der Waals surface area contributed by atoms with Gasteiger partial charge in [-0.2, -0.15) is 0 Å². The monoisotopic (exact) mass is 1160 g/mol. The third kappa shape index (κ3) is 22.3. The molecule has 0 spiro atoms. The van der Waals surface area contributed by atoms with Crippen LogP contribution in [-0.2, 0) is 71.3 Å². The number of Topliss-reactive ketones (excluding diaryl/α,β-unsaturated/α-hetero) is 2. The van der Waals surface area contributed by atoms with E-state index in [2.05, 4.69) is 0 Å². The number of esters is 2. The number of ether oxygens (including phenoxy) is 10. The van der Waals surface area contributed by atoms with Gasteiger partial charge in [-0.3, -0.25) is 19.2 Å². The van der Waals surface area contributed by atoms with Crippen LogP contribution < -0.4 is 0 Å². The highest BCUT2D eigenvalue weighted by atomic mass is 16.6. The van der Waals surface area contributed by atoms with E-state index < -0.39 is 90.0 Å². The van der Waals surface area contributed by atoms with Crippen LogP contribution in [0.2, 0.25) is 0 Å². The van der Waals surface area contributed by atoms with Crippen molar-refractivity contribution in [3.63, 3.8) is 0 Å². The number of amides is 1. The lowest BCUT2D eigenvalue weighted by Crippen LogP contribution is -2.61. The molecule has 3 aliphatic heterocycles. The Morgan fingerprint density at radius 3 is 2.11 bits per heavy atom. The number of rotatable bonds is 21. The van der Waals surface area contributed by atoms with Crippen molar-refractivity contribution in [2.75, 3.05) is 80.7 Å².